The summed E-state index contributed by atoms with van der Waals surface area (Å²) in [5.41, 5.74) is 0. The van der Waals surface area contributed by atoms with Gasteiger partial charge in [-0.15, -0.1) is 0 Å². The molecule has 2 N–H and O–H groups in total. The van der Waals surface area contributed by atoms with Crippen LogP contribution in [0.25, 0.3) is 0 Å². The molecular formula is C10H22N2O4S. The Labute approximate surface area is 103 Å². The van der Waals surface area contributed by atoms with Gasteiger partial charge in [0.05, 0.1) is 0 Å². The largest absolute Gasteiger partial charge is 0.480 e. The monoisotopic (exact) mass is 266 g/mol. The lowest BCUT2D eigenvalue weighted by Crippen LogP contribution is -2.48. The molecule has 0 rings (SSSR count). The van der Waals surface area contributed by atoms with E-state index >= 15 is 0 Å². The predicted molar refractivity (Wildman–Crippen MR) is 65.9 cm³/mol. The Kier molecular flexibility index (Phi) is 7.33. The summed E-state index contributed by atoms with van der Waals surface area (Å²) in [5.74, 6) is -1.15. The molecule has 0 fully saturated rings. The summed E-state index contributed by atoms with van der Waals surface area (Å²) in [6.07, 6.45) is 1.62. The lowest BCUT2D eigenvalue weighted by Gasteiger charge is -2.23. The molecule has 1 unspecified atom stereocenters. The van der Waals surface area contributed by atoms with Crippen LogP contribution in [-0.4, -0.2) is 42.9 Å². The van der Waals surface area contributed by atoms with Crippen molar-refractivity contribution in [3.05, 3.63) is 0 Å². The Hall–Kier alpha value is -0.660. The van der Waals surface area contributed by atoms with Gasteiger partial charge in [0.1, 0.15) is 6.04 Å². The van der Waals surface area contributed by atoms with E-state index in [1.807, 2.05) is 13.8 Å². The van der Waals surface area contributed by atoms with Gasteiger partial charge in [-0.05, 0) is 19.3 Å². The van der Waals surface area contributed by atoms with E-state index in [0.29, 0.717) is 25.9 Å². The summed E-state index contributed by atoms with van der Waals surface area (Å²) in [6, 6.07) is -1.06. The summed E-state index contributed by atoms with van der Waals surface area (Å²) in [4.78, 5) is 10.8. The van der Waals surface area contributed by atoms with E-state index in [2.05, 4.69) is 4.72 Å². The first kappa shape index (κ1) is 16.3. The third kappa shape index (κ3) is 5.47. The van der Waals surface area contributed by atoms with E-state index in [4.69, 9.17) is 5.11 Å². The normalized spacial score (nSPS) is 13.9. The predicted octanol–water partition coefficient (Wildman–Crippen LogP) is 0.806. The molecule has 0 radical (unpaired) electrons. The first-order valence-electron chi connectivity index (χ1n) is 5.89. The zero-order chi connectivity index (χ0) is 13.5. The molecule has 0 aliphatic carbocycles. The number of hydrogen-bond acceptors (Lipinski definition) is 3. The molecule has 0 aliphatic rings. The maximum Gasteiger partial charge on any atom is 0.321 e. The molecule has 0 aromatic rings. The van der Waals surface area contributed by atoms with Crippen molar-refractivity contribution in [2.45, 2.75) is 46.1 Å². The molecule has 7 heteroatoms. The second-order valence-electron chi connectivity index (χ2n) is 3.82. The van der Waals surface area contributed by atoms with Gasteiger partial charge in [-0.25, -0.2) is 0 Å². The molecule has 0 aliphatic heterocycles. The third-order valence-electron chi connectivity index (χ3n) is 2.28. The molecule has 17 heavy (non-hydrogen) atoms. The van der Waals surface area contributed by atoms with Gasteiger partial charge in [0.15, 0.2) is 0 Å². The van der Waals surface area contributed by atoms with Crippen LogP contribution in [0.1, 0.15) is 40.0 Å². The van der Waals surface area contributed by atoms with Crippen molar-refractivity contribution in [2.75, 3.05) is 13.1 Å². The summed E-state index contributed by atoms with van der Waals surface area (Å²) < 4.78 is 27.4. The van der Waals surface area contributed by atoms with E-state index in [0.717, 1.165) is 0 Å². The molecule has 0 aromatic carbocycles. The number of nitrogens with one attached hydrogen (secondary N) is 1. The van der Waals surface area contributed by atoms with Gasteiger partial charge < -0.3 is 5.11 Å². The molecule has 102 valence electrons. The average molecular weight is 266 g/mol. The van der Waals surface area contributed by atoms with Crippen LogP contribution in [0.3, 0.4) is 0 Å². The summed E-state index contributed by atoms with van der Waals surface area (Å²) in [7, 11) is -3.70. The molecule has 1 atom stereocenters. The summed E-state index contributed by atoms with van der Waals surface area (Å²) in [5, 5.41) is 8.83. The fourth-order valence-electron chi connectivity index (χ4n) is 1.41. The van der Waals surface area contributed by atoms with Crippen LogP contribution in [0.5, 0.6) is 0 Å². The number of aliphatic carboxylic acids is 1. The minimum Gasteiger partial charge on any atom is -0.480 e. The van der Waals surface area contributed by atoms with Crippen LogP contribution >= 0.6 is 0 Å². The van der Waals surface area contributed by atoms with Gasteiger partial charge in [-0.2, -0.15) is 17.4 Å². The molecule has 0 saturated heterocycles. The number of carbonyl (C=O) groups is 1. The minimum atomic E-state index is -3.70. The highest BCUT2D eigenvalue weighted by Gasteiger charge is 2.26. The van der Waals surface area contributed by atoms with Crippen molar-refractivity contribution in [3.63, 3.8) is 0 Å². The molecule has 0 heterocycles. The highest BCUT2D eigenvalue weighted by Crippen LogP contribution is 2.04. The van der Waals surface area contributed by atoms with Crippen molar-refractivity contribution >= 4 is 16.2 Å². The lowest BCUT2D eigenvalue weighted by molar-refractivity contribution is -0.139. The van der Waals surface area contributed by atoms with Gasteiger partial charge >= 0.3 is 5.97 Å². The number of hydrogen-bond donors (Lipinski definition) is 2. The van der Waals surface area contributed by atoms with Crippen LogP contribution in [0.4, 0.5) is 0 Å². The highest BCUT2D eigenvalue weighted by atomic mass is 32.2. The number of carboxylic acid groups (broad SMARTS) is 1. The van der Waals surface area contributed by atoms with E-state index in [-0.39, 0.29) is 6.42 Å². The third-order valence-corrected chi connectivity index (χ3v) is 3.91. The molecular weight excluding hydrogens is 244 g/mol. The standard InChI is InChI=1S/C10H22N2O4S/c1-4-7-12(8-5-2)17(15,16)11-9(6-3)10(13)14/h9,11H,4-8H2,1-3H3,(H,13,14). The Balaban J connectivity index is 4.77. The second-order valence-corrected chi connectivity index (χ2v) is 5.52. The SMILES string of the molecule is CCCN(CCC)S(=O)(=O)NC(CC)C(=O)O. The van der Waals surface area contributed by atoms with Crippen LogP contribution in [-0.2, 0) is 15.0 Å². The molecule has 0 saturated carbocycles. The average Bonchev–Trinajstić information content (AvgIpc) is 2.25. The maximum absolute atomic E-state index is 11.9. The Morgan fingerprint density at radius 1 is 1.24 bits per heavy atom. The van der Waals surface area contributed by atoms with Crippen LogP contribution in [0.15, 0.2) is 0 Å². The zero-order valence-electron chi connectivity index (χ0n) is 10.6. The maximum atomic E-state index is 11.9. The van der Waals surface area contributed by atoms with E-state index < -0.39 is 22.2 Å². The van der Waals surface area contributed by atoms with Gasteiger partial charge in [-0.3, -0.25) is 4.79 Å². The fraction of sp³-hybridized carbons (Fsp3) is 0.900. The van der Waals surface area contributed by atoms with E-state index in [1.54, 1.807) is 6.92 Å². The molecule has 0 spiro atoms. The van der Waals surface area contributed by atoms with Crippen LogP contribution in [0, 0.1) is 0 Å². The highest BCUT2D eigenvalue weighted by molar-refractivity contribution is 7.87. The van der Waals surface area contributed by atoms with Crippen molar-refractivity contribution in [3.8, 4) is 0 Å². The lowest BCUT2D eigenvalue weighted by atomic mass is 10.2. The zero-order valence-corrected chi connectivity index (χ0v) is 11.5. The van der Waals surface area contributed by atoms with Crippen LogP contribution in [0.2, 0.25) is 0 Å². The second kappa shape index (κ2) is 7.62. The number of rotatable bonds is 9. The first-order chi connectivity index (χ1) is 7.88. The van der Waals surface area contributed by atoms with Gasteiger partial charge in [0.25, 0.3) is 10.2 Å². The Bertz CT molecular complexity index is 323. The van der Waals surface area contributed by atoms with Gasteiger partial charge in [0.2, 0.25) is 0 Å². The number of nitrogens with zero attached hydrogens (tertiary/aromatic N) is 1. The van der Waals surface area contributed by atoms with Gasteiger partial charge in [-0.1, -0.05) is 20.8 Å². The smallest absolute Gasteiger partial charge is 0.321 e. The van der Waals surface area contributed by atoms with Crippen molar-refractivity contribution < 1.29 is 18.3 Å². The quantitative estimate of drug-likeness (QED) is 0.646. The molecule has 6 nitrogen and oxygen atoms in total. The first-order valence-corrected chi connectivity index (χ1v) is 7.33. The summed E-state index contributed by atoms with van der Waals surface area (Å²) in [6.45, 7) is 6.20. The molecule has 0 aromatic heterocycles. The molecule has 0 amide bonds. The Morgan fingerprint density at radius 2 is 1.71 bits per heavy atom. The minimum absolute atomic E-state index is 0.223. The van der Waals surface area contributed by atoms with Gasteiger partial charge in [0, 0.05) is 13.1 Å². The van der Waals surface area contributed by atoms with Crippen molar-refractivity contribution in [1.29, 1.82) is 0 Å². The number of carboxylic acids is 1. The van der Waals surface area contributed by atoms with Crippen molar-refractivity contribution in [2.24, 2.45) is 0 Å². The topological polar surface area (TPSA) is 86.7 Å². The van der Waals surface area contributed by atoms with Crippen molar-refractivity contribution in [1.82, 2.24) is 9.03 Å². The van der Waals surface area contributed by atoms with Crippen LogP contribution < -0.4 is 4.72 Å². The summed E-state index contributed by atoms with van der Waals surface area (Å²) >= 11 is 0. The fourth-order valence-corrected chi connectivity index (χ4v) is 3.04. The molecule has 0 bridgehead atoms. The Morgan fingerprint density at radius 3 is 2.00 bits per heavy atom. The van der Waals surface area contributed by atoms with E-state index in [9.17, 15) is 13.2 Å². The van der Waals surface area contributed by atoms with E-state index in [1.165, 1.54) is 4.31 Å².